The molecule has 1 unspecified atom stereocenters. The molecule has 5 nitrogen and oxygen atoms in total. The van der Waals surface area contributed by atoms with Crippen LogP contribution < -0.4 is 10.1 Å². The molecule has 2 aromatic carbocycles. The van der Waals surface area contributed by atoms with Crippen LogP contribution in [0.2, 0.25) is 0 Å². The van der Waals surface area contributed by atoms with Crippen LogP contribution in [0.15, 0.2) is 59.1 Å². The zero-order valence-electron chi connectivity index (χ0n) is 18.1. The smallest absolute Gasteiger partial charge is 0.261 e. The van der Waals surface area contributed by atoms with Crippen molar-refractivity contribution in [1.29, 1.82) is 0 Å². The topological polar surface area (TPSA) is 58.6 Å². The Hall–Kier alpha value is -2.34. The van der Waals surface area contributed by atoms with E-state index in [1.807, 2.05) is 54.6 Å². The van der Waals surface area contributed by atoms with Gasteiger partial charge in [0.25, 0.3) is 5.91 Å². The number of hydrogen-bond acceptors (Lipinski definition) is 3. The Kier molecular flexibility index (Phi) is 8.95. The van der Waals surface area contributed by atoms with Gasteiger partial charge in [-0.2, -0.15) is 0 Å². The number of amides is 2. The van der Waals surface area contributed by atoms with E-state index in [0.717, 1.165) is 35.7 Å². The molecule has 1 N–H and O–H groups in total. The molecule has 1 saturated carbocycles. The summed E-state index contributed by atoms with van der Waals surface area (Å²) in [5.41, 5.74) is 1.13. The highest BCUT2D eigenvalue weighted by molar-refractivity contribution is 9.10. The van der Waals surface area contributed by atoms with Crippen LogP contribution in [-0.4, -0.2) is 41.9 Å². The second kappa shape index (κ2) is 11.9. The summed E-state index contributed by atoms with van der Waals surface area (Å²) in [6, 6.07) is 17.0. The maximum absolute atomic E-state index is 13.1. The monoisotopic (exact) mass is 486 g/mol. The van der Waals surface area contributed by atoms with E-state index in [4.69, 9.17) is 4.74 Å². The molecule has 2 aromatic rings. The molecular formula is C25H31BrN2O3. The Morgan fingerprint density at radius 3 is 2.42 bits per heavy atom. The number of rotatable bonds is 9. The van der Waals surface area contributed by atoms with Crippen molar-refractivity contribution in [3.8, 4) is 5.75 Å². The van der Waals surface area contributed by atoms with Gasteiger partial charge in [0.2, 0.25) is 5.91 Å². The molecule has 6 heteroatoms. The zero-order valence-corrected chi connectivity index (χ0v) is 19.6. The number of carbonyl (C=O) groups is 2. The first-order chi connectivity index (χ1) is 15.0. The van der Waals surface area contributed by atoms with Crippen LogP contribution in [0.1, 0.15) is 44.6 Å². The van der Waals surface area contributed by atoms with Gasteiger partial charge in [0.1, 0.15) is 11.8 Å². The van der Waals surface area contributed by atoms with Gasteiger partial charge in [-0.1, -0.05) is 65.5 Å². The number of halogens is 1. The zero-order chi connectivity index (χ0) is 22.1. The van der Waals surface area contributed by atoms with Crippen molar-refractivity contribution in [2.45, 2.75) is 57.5 Å². The highest BCUT2D eigenvalue weighted by Gasteiger charge is 2.28. The number of ether oxygens (including phenoxy) is 1. The lowest BCUT2D eigenvalue weighted by molar-refractivity contribution is -0.141. The van der Waals surface area contributed by atoms with E-state index in [9.17, 15) is 9.59 Å². The first-order valence-electron chi connectivity index (χ1n) is 11.0. The minimum Gasteiger partial charge on any atom is -0.484 e. The molecule has 0 spiro atoms. The van der Waals surface area contributed by atoms with Crippen molar-refractivity contribution in [3.05, 3.63) is 64.6 Å². The second-order valence-corrected chi connectivity index (χ2v) is 9.00. The van der Waals surface area contributed by atoms with E-state index in [2.05, 4.69) is 21.2 Å². The van der Waals surface area contributed by atoms with Gasteiger partial charge in [-0.15, -0.1) is 0 Å². The predicted octanol–water partition coefficient (Wildman–Crippen LogP) is 4.74. The van der Waals surface area contributed by atoms with E-state index in [1.54, 1.807) is 11.8 Å². The Morgan fingerprint density at radius 1 is 1.06 bits per heavy atom. The Labute approximate surface area is 193 Å². The molecule has 1 aliphatic carbocycles. The molecule has 1 aliphatic rings. The summed E-state index contributed by atoms with van der Waals surface area (Å²) in [7, 11) is 0. The summed E-state index contributed by atoms with van der Waals surface area (Å²) in [6.45, 7) is 2.17. The third-order valence-electron chi connectivity index (χ3n) is 5.78. The molecule has 0 saturated heterocycles. The summed E-state index contributed by atoms with van der Waals surface area (Å²) in [5, 5.41) is 3.15. The fraction of sp³-hybridized carbons (Fsp3) is 0.440. The van der Waals surface area contributed by atoms with Crippen molar-refractivity contribution in [2.75, 3.05) is 13.2 Å². The molecule has 0 radical (unpaired) electrons. The van der Waals surface area contributed by atoms with Gasteiger partial charge in [0.05, 0.1) is 0 Å². The molecule has 166 valence electrons. The summed E-state index contributed by atoms with van der Waals surface area (Å²) in [5.74, 6) is 0.348. The van der Waals surface area contributed by atoms with E-state index in [1.165, 1.54) is 6.42 Å². The standard InChI is InChI=1S/C25H31BrN2O3/c1-19(25(30)27-22-10-6-3-7-11-22)28(17-16-20-8-4-2-5-9-20)24(29)18-31-23-14-12-21(26)13-15-23/h2,4-5,8-9,12-15,19,22H,3,6-7,10-11,16-18H2,1H3,(H,27,30). The van der Waals surface area contributed by atoms with E-state index >= 15 is 0 Å². The molecule has 0 bridgehead atoms. The summed E-state index contributed by atoms with van der Waals surface area (Å²) in [6.07, 6.45) is 6.25. The largest absolute Gasteiger partial charge is 0.484 e. The molecule has 1 atom stereocenters. The van der Waals surface area contributed by atoms with Crippen LogP contribution in [0.25, 0.3) is 0 Å². The lowest BCUT2D eigenvalue weighted by Gasteiger charge is -2.31. The number of nitrogens with one attached hydrogen (secondary N) is 1. The summed E-state index contributed by atoms with van der Waals surface area (Å²) < 4.78 is 6.64. The van der Waals surface area contributed by atoms with Gasteiger partial charge >= 0.3 is 0 Å². The Balaban J connectivity index is 1.63. The molecule has 0 aromatic heterocycles. The molecule has 0 aliphatic heterocycles. The van der Waals surface area contributed by atoms with Gasteiger partial charge in [0.15, 0.2) is 6.61 Å². The SMILES string of the molecule is CC(C(=O)NC1CCCCC1)N(CCc1ccccc1)C(=O)COc1ccc(Br)cc1. The van der Waals surface area contributed by atoms with Gasteiger partial charge < -0.3 is 15.0 Å². The fourth-order valence-electron chi connectivity index (χ4n) is 3.90. The summed E-state index contributed by atoms with van der Waals surface area (Å²) >= 11 is 3.39. The number of hydrogen-bond donors (Lipinski definition) is 1. The first kappa shape index (κ1) is 23.3. The van der Waals surface area contributed by atoms with Crippen LogP contribution in [0.4, 0.5) is 0 Å². The molecule has 0 heterocycles. The lowest BCUT2D eigenvalue weighted by Crippen LogP contribution is -2.52. The van der Waals surface area contributed by atoms with Gasteiger partial charge in [-0.3, -0.25) is 9.59 Å². The van der Waals surface area contributed by atoms with Crippen molar-refractivity contribution in [1.82, 2.24) is 10.2 Å². The number of benzene rings is 2. The minimum atomic E-state index is -0.549. The molecule has 2 amide bonds. The first-order valence-corrected chi connectivity index (χ1v) is 11.8. The lowest BCUT2D eigenvalue weighted by atomic mass is 9.95. The van der Waals surface area contributed by atoms with Gasteiger partial charge in [-0.05, 0) is 56.0 Å². The van der Waals surface area contributed by atoms with Crippen molar-refractivity contribution < 1.29 is 14.3 Å². The maximum atomic E-state index is 13.1. The van der Waals surface area contributed by atoms with E-state index < -0.39 is 6.04 Å². The van der Waals surface area contributed by atoms with Crippen LogP contribution in [0.5, 0.6) is 5.75 Å². The Bertz CT molecular complexity index is 836. The van der Waals surface area contributed by atoms with E-state index in [-0.39, 0.29) is 24.5 Å². The fourth-order valence-corrected chi connectivity index (χ4v) is 4.16. The van der Waals surface area contributed by atoms with Gasteiger partial charge in [0, 0.05) is 17.1 Å². The quantitative estimate of drug-likeness (QED) is 0.556. The van der Waals surface area contributed by atoms with Crippen LogP contribution >= 0.6 is 15.9 Å². The molecular weight excluding hydrogens is 456 g/mol. The number of nitrogens with zero attached hydrogens (tertiary/aromatic N) is 1. The van der Waals surface area contributed by atoms with Crippen LogP contribution in [0, 0.1) is 0 Å². The second-order valence-electron chi connectivity index (χ2n) is 8.08. The third-order valence-corrected chi connectivity index (χ3v) is 6.31. The minimum absolute atomic E-state index is 0.0862. The van der Waals surface area contributed by atoms with Gasteiger partial charge in [-0.25, -0.2) is 0 Å². The maximum Gasteiger partial charge on any atom is 0.261 e. The van der Waals surface area contributed by atoms with Crippen molar-refractivity contribution in [2.24, 2.45) is 0 Å². The molecule has 1 fully saturated rings. The van der Waals surface area contributed by atoms with Crippen molar-refractivity contribution >= 4 is 27.7 Å². The van der Waals surface area contributed by atoms with Crippen LogP contribution in [-0.2, 0) is 16.0 Å². The highest BCUT2D eigenvalue weighted by Crippen LogP contribution is 2.19. The van der Waals surface area contributed by atoms with Crippen LogP contribution in [0.3, 0.4) is 0 Å². The highest BCUT2D eigenvalue weighted by atomic mass is 79.9. The van der Waals surface area contributed by atoms with Crippen molar-refractivity contribution in [3.63, 3.8) is 0 Å². The Morgan fingerprint density at radius 2 is 1.74 bits per heavy atom. The normalized spacial score (nSPS) is 15.2. The third kappa shape index (κ3) is 7.39. The number of carbonyl (C=O) groups excluding carboxylic acids is 2. The molecule has 31 heavy (non-hydrogen) atoms. The van der Waals surface area contributed by atoms with E-state index in [0.29, 0.717) is 18.7 Å². The summed E-state index contributed by atoms with van der Waals surface area (Å²) in [4.78, 5) is 27.6. The average molecular weight is 487 g/mol. The average Bonchev–Trinajstić information content (AvgIpc) is 2.80. The molecule has 3 rings (SSSR count). The predicted molar refractivity (Wildman–Crippen MR) is 126 cm³/mol.